The predicted molar refractivity (Wildman–Crippen MR) is 136 cm³/mol. The fourth-order valence-corrected chi connectivity index (χ4v) is 4.27. The summed E-state index contributed by atoms with van der Waals surface area (Å²) in [6.07, 6.45) is 3.04. The smallest absolute Gasteiger partial charge is 0.291 e. The van der Waals surface area contributed by atoms with Crippen molar-refractivity contribution in [2.75, 3.05) is 19.0 Å². The number of carbonyl (C=O) groups is 3. The van der Waals surface area contributed by atoms with Crippen LogP contribution in [0.25, 0.3) is 11.3 Å². The Balaban J connectivity index is 0.00000127. The van der Waals surface area contributed by atoms with Crippen LogP contribution in [-0.4, -0.2) is 52.6 Å². The molecule has 0 aliphatic heterocycles. The van der Waals surface area contributed by atoms with E-state index in [1.54, 1.807) is 6.07 Å². The summed E-state index contributed by atoms with van der Waals surface area (Å²) in [6, 6.07) is 7.35. The highest BCUT2D eigenvalue weighted by Gasteiger charge is 2.26. The number of carbonyl (C=O) groups excluding carboxylic acids is 2. The molecule has 202 valence electrons. The van der Waals surface area contributed by atoms with Crippen LogP contribution in [0.4, 0.5) is 14.5 Å². The van der Waals surface area contributed by atoms with Crippen LogP contribution in [0.15, 0.2) is 36.5 Å². The molecule has 1 aliphatic carbocycles. The highest BCUT2D eigenvalue weighted by Crippen LogP contribution is 2.30. The van der Waals surface area contributed by atoms with Crippen molar-refractivity contribution in [2.24, 2.45) is 18.7 Å². The second kappa shape index (κ2) is 12.5. The van der Waals surface area contributed by atoms with Crippen LogP contribution in [0.2, 0.25) is 5.02 Å². The Morgan fingerprint density at radius 2 is 1.92 bits per heavy atom. The third kappa shape index (κ3) is 6.26. The molecule has 1 saturated carbocycles. The molecule has 5 N–H and O–H groups in total. The lowest BCUT2D eigenvalue weighted by Gasteiger charge is -2.32. The molecule has 1 aromatic heterocycles. The molecule has 1 fully saturated rings. The molecule has 1 heterocycles. The standard InChI is InChI=1S/C24H24ClF2N5O3.CH2O2/c1-32-18(16-5-6-19(35-2)21(27)20(16)26)11-29-22(32)24(34)31-14-3-4-15(17(25)9-14)23(33)30-10-12-7-13(28)8-12;2-1-3/h3-6,9,11-13H,7-8,10,28H2,1-2H3,(H,30,33)(H,31,34);1H,(H,2,3). The second-order valence-corrected chi connectivity index (χ2v) is 8.94. The molecule has 0 unspecified atom stereocenters. The van der Waals surface area contributed by atoms with E-state index in [9.17, 15) is 18.4 Å². The Hall–Kier alpha value is -4.03. The van der Waals surface area contributed by atoms with Gasteiger partial charge in [-0.25, -0.2) is 9.37 Å². The molecule has 13 heteroatoms. The van der Waals surface area contributed by atoms with Crippen LogP contribution >= 0.6 is 11.6 Å². The lowest BCUT2D eigenvalue weighted by Crippen LogP contribution is -2.42. The fraction of sp³-hybridized carbons (Fsp3) is 0.280. The molecule has 0 spiro atoms. The minimum atomic E-state index is -1.13. The van der Waals surface area contributed by atoms with Crippen molar-refractivity contribution in [1.82, 2.24) is 14.9 Å². The van der Waals surface area contributed by atoms with Crippen molar-refractivity contribution in [2.45, 2.75) is 18.9 Å². The maximum absolute atomic E-state index is 14.5. The number of halogens is 3. The van der Waals surface area contributed by atoms with Crippen LogP contribution in [0.3, 0.4) is 0 Å². The summed E-state index contributed by atoms with van der Waals surface area (Å²) in [5.74, 6) is -3.04. The number of imidazole rings is 1. The van der Waals surface area contributed by atoms with Gasteiger partial charge < -0.3 is 30.8 Å². The molecule has 1 aliphatic rings. The Bertz CT molecular complexity index is 1340. The van der Waals surface area contributed by atoms with Gasteiger partial charge in [-0.05, 0) is 49.1 Å². The zero-order valence-electron chi connectivity index (χ0n) is 20.5. The van der Waals surface area contributed by atoms with Gasteiger partial charge in [0, 0.05) is 30.9 Å². The Morgan fingerprint density at radius 1 is 1.24 bits per heavy atom. The number of methoxy groups -OCH3 is 1. The summed E-state index contributed by atoms with van der Waals surface area (Å²) >= 11 is 6.27. The van der Waals surface area contributed by atoms with E-state index < -0.39 is 17.5 Å². The van der Waals surface area contributed by atoms with Gasteiger partial charge in [0.25, 0.3) is 18.3 Å². The first-order valence-corrected chi connectivity index (χ1v) is 11.8. The van der Waals surface area contributed by atoms with Gasteiger partial charge in [-0.15, -0.1) is 0 Å². The first-order chi connectivity index (χ1) is 18.1. The number of aromatic nitrogens is 2. The van der Waals surface area contributed by atoms with E-state index >= 15 is 0 Å². The van der Waals surface area contributed by atoms with E-state index in [4.69, 9.17) is 32.0 Å². The minimum absolute atomic E-state index is 0.0349. The summed E-state index contributed by atoms with van der Waals surface area (Å²) in [6.45, 7) is 0.279. The topological polar surface area (TPSA) is 149 Å². The third-order valence-corrected chi connectivity index (χ3v) is 6.34. The number of benzene rings is 2. The summed E-state index contributed by atoms with van der Waals surface area (Å²) in [5.41, 5.74) is 6.52. The van der Waals surface area contributed by atoms with E-state index in [2.05, 4.69) is 15.6 Å². The van der Waals surface area contributed by atoms with Crippen molar-refractivity contribution < 1.29 is 33.0 Å². The number of amides is 2. The maximum Gasteiger partial charge on any atom is 0.291 e. The lowest BCUT2D eigenvalue weighted by atomic mass is 9.81. The molecule has 0 radical (unpaired) electrons. The number of nitrogens with one attached hydrogen (secondary N) is 2. The van der Waals surface area contributed by atoms with Crippen LogP contribution in [-0.2, 0) is 11.8 Å². The normalized spacial score (nSPS) is 15.9. The first kappa shape index (κ1) is 28.5. The highest BCUT2D eigenvalue weighted by molar-refractivity contribution is 6.34. The van der Waals surface area contributed by atoms with Gasteiger partial charge >= 0.3 is 0 Å². The first-order valence-electron chi connectivity index (χ1n) is 11.4. The van der Waals surface area contributed by atoms with Gasteiger partial charge in [-0.2, -0.15) is 4.39 Å². The van der Waals surface area contributed by atoms with Crippen LogP contribution < -0.4 is 21.1 Å². The number of anilines is 1. The summed E-state index contributed by atoms with van der Waals surface area (Å²) in [5, 5.41) is 12.6. The van der Waals surface area contributed by atoms with Crippen molar-refractivity contribution in [3.8, 4) is 17.0 Å². The number of nitrogens with two attached hydrogens (primary N) is 1. The monoisotopic (exact) mass is 549 g/mol. The molecule has 0 atom stereocenters. The van der Waals surface area contributed by atoms with E-state index in [-0.39, 0.29) is 51.8 Å². The fourth-order valence-electron chi connectivity index (χ4n) is 4.01. The van der Waals surface area contributed by atoms with Crippen LogP contribution in [0, 0.1) is 17.6 Å². The Kier molecular flexibility index (Phi) is 9.37. The second-order valence-electron chi connectivity index (χ2n) is 8.53. The maximum atomic E-state index is 14.5. The van der Waals surface area contributed by atoms with Gasteiger partial charge in [-0.1, -0.05) is 11.6 Å². The minimum Gasteiger partial charge on any atom is -0.494 e. The lowest BCUT2D eigenvalue weighted by molar-refractivity contribution is -0.122. The van der Waals surface area contributed by atoms with Gasteiger partial charge in [0.2, 0.25) is 5.82 Å². The SMILES string of the molecule is COc1ccc(-c2cnc(C(=O)Nc3ccc(C(=O)NCC4CC(N)C4)c(Cl)c3)n2C)c(F)c1F.O=CO. The number of hydrogen-bond donors (Lipinski definition) is 4. The average molecular weight is 550 g/mol. The molecular formula is C25H26ClF2N5O5. The quantitative estimate of drug-likeness (QED) is 0.330. The molecule has 2 amide bonds. The average Bonchev–Trinajstić information content (AvgIpc) is 3.24. The van der Waals surface area contributed by atoms with Crippen molar-refractivity contribution in [3.63, 3.8) is 0 Å². The summed E-state index contributed by atoms with van der Waals surface area (Å²) in [4.78, 5) is 37.6. The van der Waals surface area contributed by atoms with E-state index in [0.29, 0.717) is 18.2 Å². The van der Waals surface area contributed by atoms with Crippen LogP contribution in [0.1, 0.15) is 33.8 Å². The van der Waals surface area contributed by atoms with Crippen LogP contribution in [0.5, 0.6) is 5.75 Å². The van der Waals surface area contributed by atoms with Crippen molar-refractivity contribution in [1.29, 1.82) is 0 Å². The van der Waals surface area contributed by atoms with E-state index in [1.165, 1.54) is 49.2 Å². The molecule has 0 bridgehead atoms. The largest absolute Gasteiger partial charge is 0.494 e. The zero-order valence-corrected chi connectivity index (χ0v) is 21.3. The molecule has 3 aromatic rings. The van der Waals surface area contributed by atoms with Gasteiger partial charge in [-0.3, -0.25) is 14.4 Å². The Labute approximate surface area is 221 Å². The number of carboxylic acid groups (broad SMARTS) is 1. The Morgan fingerprint density at radius 3 is 2.53 bits per heavy atom. The molecule has 38 heavy (non-hydrogen) atoms. The number of hydrogen-bond acceptors (Lipinski definition) is 6. The predicted octanol–water partition coefficient (Wildman–Crippen LogP) is 3.45. The molecule has 10 nitrogen and oxygen atoms in total. The molecule has 4 rings (SSSR count). The molecule has 0 saturated heterocycles. The number of rotatable bonds is 7. The zero-order chi connectivity index (χ0) is 28.0. The van der Waals surface area contributed by atoms with Crippen molar-refractivity contribution in [3.05, 3.63) is 64.6 Å². The van der Waals surface area contributed by atoms with Crippen molar-refractivity contribution >= 4 is 35.6 Å². The molecular weight excluding hydrogens is 524 g/mol. The van der Waals surface area contributed by atoms with Gasteiger partial charge in [0.05, 0.1) is 29.6 Å². The number of ether oxygens (including phenoxy) is 1. The third-order valence-electron chi connectivity index (χ3n) is 6.03. The summed E-state index contributed by atoms with van der Waals surface area (Å²) in [7, 11) is 2.75. The number of nitrogens with zero attached hydrogens (tertiary/aromatic N) is 2. The van der Waals surface area contributed by atoms with E-state index in [1.807, 2.05) is 0 Å². The van der Waals surface area contributed by atoms with Gasteiger partial charge in [0.1, 0.15) is 0 Å². The van der Waals surface area contributed by atoms with E-state index in [0.717, 1.165) is 12.8 Å². The molecule has 2 aromatic carbocycles. The highest BCUT2D eigenvalue weighted by atomic mass is 35.5. The summed E-state index contributed by atoms with van der Waals surface area (Å²) < 4.78 is 34.8. The van der Waals surface area contributed by atoms with Gasteiger partial charge in [0.15, 0.2) is 17.4 Å².